The van der Waals surface area contributed by atoms with Gasteiger partial charge in [0, 0.05) is 31.6 Å². The van der Waals surface area contributed by atoms with E-state index >= 15 is 0 Å². The summed E-state index contributed by atoms with van der Waals surface area (Å²) in [6.07, 6.45) is 5.44. The van der Waals surface area contributed by atoms with Crippen molar-refractivity contribution in [1.82, 2.24) is 15.5 Å². The Morgan fingerprint density at radius 1 is 1.25 bits per heavy atom. The van der Waals surface area contributed by atoms with Crippen molar-refractivity contribution in [3.8, 4) is 0 Å². The number of hydrogen-bond acceptors (Lipinski definition) is 3. The first-order valence-corrected chi connectivity index (χ1v) is 7.91. The summed E-state index contributed by atoms with van der Waals surface area (Å²) >= 11 is 0. The summed E-state index contributed by atoms with van der Waals surface area (Å²) in [7, 11) is 0. The molecule has 2 fully saturated rings. The maximum absolute atomic E-state index is 12.4. The summed E-state index contributed by atoms with van der Waals surface area (Å²) in [6, 6.07) is -0.213. The monoisotopic (exact) mass is 281 g/mol. The molecule has 2 atom stereocenters. The van der Waals surface area contributed by atoms with Gasteiger partial charge in [-0.15, -0.1) is 0 Å². The van der Waals surface area contributed by atoms with Crippen molar-refractivity contribution in [2.45, 2.75) is 58.0 Å². The van der Waals surface area contributed by atoms with Crippen LogP contribution in [-0.4, -0.2) is 48.4 Å². The highest BCUT2D eigenvalue weighted by molar-refractivity contribution is 5.88. The van der Waals surface area contributed by atoms with E-state index in [-0.39, 0.29) is 23.8 Å². The normalized spacial score (nSPS) is 26.1. The van der Waals surface area contributed by atoms with Crippen LogP contribution < -0.4 is 10.6 Å². The lowest BCUT2D eigenvalue weighted by Gasteiger charge is -2.36. The zero-order valence-corrected chi connectivity index (χ0v) is 12.7. The molecule has 1 saturated heterocycles. The predicted octanol–water partition coefficient (Wildman–Crippen LogP) is 0.892. The minimum Gasteiger partial charge on any atom is -0.344 e. The fourth-order valence-electron chi connectivity index (χ4n) is 3.17. The third-order valence-electron chi connectivity index (χ3n) is 4.49. The van der Waals surface area contributed by atoms with Crippen LogP contribution in [0.1, 0.15) is 46.0 Å². The molecule has 2 amide bonds. The first-order valence-electron chi connectivity index (χ1n) is 7.91. The van der Waals surface area contributed by atoms with E-state index in [1.165, 1.54) is 6.42 Å². The van der Waals surface area contributed by atoms with Crippen molar-refractivity contribution in [2.75, 3.05) is 19.6 Å². The number of nitrogens with one attached hydrogen (secondary N) is 2. The second-order valence-electron chi connectivity index (χ2n) is 6.15. The smallest absolute Gasteiger partial charge is 0.245 e. The summed E-state index contributed by atoms with van der Waals surface area (Å²) in [5, 5.41) is 6.19. The van der Waals surface area contributed by atoms with Crippen LogP contribution in [0, 0.1) is 5.92 Å². The van der Waals surface area contributed by atoms with Crippen LogP contribution in [0.5, 0.6) is 0 Å². The van der Waals surface area contributed by atoms with Crippen molar-refractivity contribution in [3.63, 3.8) is 0 Å². The van der Waals surface area contributed by atoms with Gasteiger partial charge in [0.15, 0.2) is 0 Å². The Morgan fingerprint density at radius 3 is 2.60 bits per heavy atom. The Kier molecular flexibility index (Phi) is 5.40. The van der Waals surface area contributed by atoms with E-state index in [0.29, 0.717) is 0 Å². The molecule has 2 N–H and O–H groups in total. The summed E-state index contributed by atoms with van der Waals surface area (Å²) in [4.78, 5) is 26.5. The minimum atomic E-state index is -0.412. The van der Waals surface area contributed by atoms with Gasteiger partial charge in [0.25, 0.3) is 0 Å². The third kappa shape index (κ3) is 3.72. The molecule has 2 aliphatic rings. The van der Waals surface area contributed by atoms with Crippen LogP contribution in [0.3, 0.4) is 0 Å². The molecule has 20 heavy (non-hydrogen) atoms. The Balaban J connectivity index is 1.85. The van der Waals surface area contributed by atoms with Crippen molar-refractivity contribution in [2.24, 2.45) is 5.92 Å². The molecule has 1 aliphatic carbocycles. The molecular formula is C15H27N3O2. The van der Waals surface area contributed by atoms with Gasteiger partial charge < -0.3 is 15.5 Å². The van der Waals surface area contributed by atoms with E-state index in [1.807, 2.05) is 11.8 Å². The number of carbonyl (C=O) groups is 2. The number of rotatable bonds is 3. The van der Waals surface area contributed by atoms with Gasteiger partial charge in [-0.25, -0.2) is 0 Å². The van der Waals surface area contributed by atoms with Crippen LogP contribution in [0.4, 0.5) is 0 Å². The second kappa shape index (κ2) is 7.07. The average molecular weight is 281 g/mol. The van der Waals surface area contributed by atoms with Gasteiger partial charge >= 0.3 is 0 Å². The minimum absolute atomic E-state index is 0.0446. The maximum atomic E-state index is 12.4. The molecule has 0 radical (unpaired) electrons. The summed E-state index contributed by atoms with van der Waals surface area (Å²) in [6.45, 7) is 6.23. The van der Waals surface area contributed by atoms with Crippen LogP contribution in [-0.2, 0) is 9.59 Å². The first kappa shape index (κ1) is 15.3. The van der Waals surface area contributed by atoms with Crippen LogP contribution in [0.25, 0.3) is 0 Å². The molecule has 0 aromatic rings. The van der Waals surface area contributed by atoms with E-state index in [1.54, 1.807) is 6.92 Å². The molecular weight excluding hydrogens is 254 g/mol. The fourth-order valence-corrected chi connectivity index (χ4v) is 3.17. The summed E-state index contributed by atoms with van der Waals surface area (Å²) < 4.78 is 0. The van der Waals surface area contributed by atoms with Gasteiger partial charge in [-0.3, -0.25) is 9.59 Å². The predicted molar refractivity (Wildman–Crippen MR) is 78.2 cm³/mol. The van der Waals surface area contributed by atoms with E-state index in [2.05, 4.69) is 10.6 Å². The van der Waals surface area contributed by atoms with Crippen LogP contribution in [0.2, 0.25) is 0 Å². The van der Waals surface area contributed by atoms with Crippen molar-refractivity contribution in [1.29, 1.82) is 0 Å². The van der Waals surface area contributed by atoms with E-state index in [9.17, 15) is 9.59 Å². The SMILES string of the molecule is C[C@H](NC(=O)C1CCCCC1)C(=O)N1CCNC[C@@H]1C. The Bertz CT molecular complexity index is 353. The Labute approximate surface area is 121 Å². The number of amides is 2. The highest BCUT2D eigenvalue weighted by Gasteiger charge is 2.29. The molecule has 0 spiro atoms. The van der Waals surface area contributed by atoms with E-state index in [4.69, 9.17) is 0 Å². The second-order valence-corrected chi connectivity index (χ2v) is 6.15. The zero-order chi connectivity index (χ0) is 14.5. The molecule has 0 aromatic heterocycles. The van der Waals surface area contributed by atoms with E-state index in [0.717, 1.165) is 45.3 Å². The van der Waals surface area contributed by atoms with Gasteiger partial charge in [-0.1, -0.05) is 19.3 Å². The molecule has 0 aromatic carbocycles. The maximum Gasteiger partial charge on any atom is 0.245 e. The lowest BCUT2D eigenvalue weighted by Crippen LogP contribution is -2.57. The fraction of sp³-hybridized carbons (Fsp3) is 0.867. The van der Waals surface area contributed by atoms with Crippen LogP contribution in [0.15, 0.2) is 0 Å². The Hall–Kier alpha value is -1.10. The van der Waals surface area contributed by atoms with Gasteiger partial charge in [0.2, 0.25) is 11.8 Å². The molecule has 1 saturated carbocycles. The lowest BCUT2D eigenvalue weighted by molar-refractivity contribution is -0.139. The quantitative estimate of drug-likeness (QED) is 0.808. The zero-order valence-electron chi connectivity index (χ0n) is 12.7. The van der Waals surface area contributed by atoms with E-state index < -0.39 is 6.04 Å². The van der Waals surface area contributed by atoms with Gasteiger partial charge in [0.1, 0.15) is 6.04 Å². The molecule has 0 bridgehead atoms. The van der Waals surface area contributed by atoms with Gasteiger partial charge in [0.05, 0.1) is 0 Å². The number of carbonyl (C=O) groups excluding carboxylic acids is 2. The largest absolute Gasteiger partial charge is 0.344 e. The average Bonchev–Trinajstić information content (AvgIpc) is 2.48. The lowest BCUT2D eigenvalue weighted by atomic mass is 9.88. The number of nitrogens with zero attached hydrogens (tertiary/aromatic N) is 1. The summed E-state index contributed by atoms with van der Waals surface area (Å²) in [5.41, 5.74) is 0. The molecule has 2 rings (SSSR count). The third-order valence-corrected chi connectivity index (χ3v) is 4.49. The molecule has 5 heteroatoms. The van der Waals surface area contributed by atoms with Crippen molar-refractivity contribution < 1.29 is 9.59 Å². The highest BCUT2D eigenvalue weighted by Crippen LogP contribution is 2.23. The molecule has 1 aliphatic heterocycles. The molecule has 114 valence electrons. The molecule has 5 nitrogen and oxygen atoms in total. The van der Waals surface area contributed by atoms with Crippen molar-refractivity contribution in [3.05, 3.63) is 0 Å². The van der Waals surface area contributed by atoms with Gasteiger partial charge in [-0.05, 0) is 26.7 Å². The first-order chi connectivity index (χ1) is 9.59. The molecule has 1 heterocycles. The standard InChI is InChI=1S/C15H27N3O2/c1-11-10-16-8-9-18(11)15(20)12(2)17-14(19)13-6-4-3-5-7-13/h11-13,16H,3-10H2,1-2H3,(H,17,19)/t11-,12-/m0/s1. The summed E-state index contributed by atoms with van der Waals surface area (Å²) in [5.74, 6) is 0.218. The van der Waals surface area contributed by atoms with Crippen LogP contribution >= 0.6 is 0 Å². The highest BCUT2D eigenvalue weighted by atomic mass is 16.2. The molecule has 0 unspecified atom stereocenters. The number of piperazine rings is 1. The van der Waals surface area contributed by atoms with Gasteiger partial charge in [-0.2, -0.15) is 0 Å². The Morgan fingerprint density at radius 2 is 1.95 bits per heavy atom. The topological polar surface area (TPSA) is 61.4 Å². The number of hydrogen-bond donors (Lipinski definition) is 2. The van der Waals surface area contributed by atoms with Crippen molar-refractivity contribution >= 4 is 11.8 Å².